The van der Waals surface area contributed by atoms with Crippen molar-refractivity contribution in [2.45, 2.75) is 72.8 Å². The Morgan fingerprint density at radius 3 is 1.00 bits per heavy atom. The van der Waals surface area contributed by atoms with Crippen molar-refractivity contribution in [2.24, 2.45) is 0 Å². The van der Waals surface area contributed by atoms with E-state index in [0.717, 1.165) is 36.5 Å². The maximum atomic E-state index is 5.88. The Morgan fingerprint density at radius 1 is 0.476 bits per heavy atom. The summed E-state index contributed by atoms with van der Waals surface area (Å²) >= 11 is 0. The van der Waals surface area contributed by atoms with Crippen molar-refractivity contribution in [2.75, 3.05) is 17.2 Å². The third-order valence-corrected chi connectivity index (χ3v) is 12.3. The van der Waals surface area contributed by atoms with Crippen LogP contribution in [0.15, 0.2) is 52.3 Å². The van der Waals surface area contributed by atoms with Gasteiger partial charge in [-0.1, -0.05) is 53.2 Å². The highest BCUT2D eigenvalue weighted by Gasteiger charge is 2.22. The highest BCUT2D eigenvalue weighted by atomic mass is 33.1. The third-order valence-electron chi connectivity index (χ3n) is 6.22. The number of hydrogen-bond acceptors (Lipinski definition) is 15. The Hall–Kier alpha value is -2.04. The molecule has 0 aliphatic rings. The van der Waals surface area contributed by atoms with Crippen LogP contribution in [0.1, 0.15) is 54.2 Å². The molecule has 0 aliphatic carbocycles. The molecule has 1 aromatic carbocycles. The smallest absolute Gasteiger partial charge is 0.200 e. The molecule has 0 saturated carbocycles. The molecule has 222 valence electrons. The lowest BCUT2D eigenvalue weighted by molar-refractivity contribution is 0.948. The van der Waals surface area contributed by atoms with E-state index in [-0.39, 0.29) is 0 Å². The summed E-state index contributed by atoms with van der Waals surface area (Å²) in [6.45, 7) is 6.75. The Morgan fingerprint density at radius 2 is 0.762 bits per heavy atom. The average Bonchev–Trinajstić information content (AvgIpc) is 2.97. The molecule has 0 spiro atoms. The van der Waals surface area contributed by atoms with Crippen molar-refractivity contribution in [3.63, 3.8) is 0 Å². The standard InChI is InChI=1S/C27H33N9S6/c1-4-16-19(13-37-40-25-31-10-7-22(28)34-25)17(5-2)21(15-39-42-27-33-12-9-24(30)36-27)18(6-3)20(16)14-38-41-26-32-11-8-23(29)35-26/h7-12H,4-6,13-15H2,1-3H3,(H2,28,31,34)(H2,29,32,35)(H2,30,33,36). The van der Waals surface area contributed by atoms with Crippen molar-refractivity contribution in [1.82, 2.24) is 29.9 Å². The van der Waals surface area contributed by atoms with Gasteiger partial charge >= 0.3 is 0 Å². The van der Waals surface area contributed by atoms with Crippen molar-refractivity contribution in [3.05, 3.63) is 70.2 Å². The molecular weight excluding hydrogens is 643 g/mol. The Bertz CT molecular complexity index is 1290. The third kappa shape index (κ3) is 8.99. The highest BCUT2D eigenvalue weighted by molar-refractivity contribution is 8.77. The van der Waals surface area contributed by atoms with E-state index in [4.69, 9.17) is 17.2 Å². The van der Waals surface area contributed by atoms with Crippen molar-refractivity contribution in [3.8, 4) is 0 Å². The molecule has 3 aromatic heterocycles. The molecule has 0 saturated heterocycles. The molecule has 0 fully saturated rings. The normalized spacial score (nSPS) is 11.2. The molecule has 0 unspecified atom stereocenters. The van der Waals surface area contributed by atoms with Crippen LogP contribution < -0.4 is 17.2 Å². The van der Waals surface area contributed by atoms with Crippen LogP contribution in [0.3, 0.4) is 0 Å². The molecule has 0 radical (unpaired) electrons. The fourth-order valence-corrected chi connectivity index (χ4v) is 10.4. The first-order chi connectivity index (χ1) is 20.4. The minimum Gasteiger partial charge on any atom is -0.384 e. The zero-order chi connectivity index (χ0) is 29.9. The van der Waals surface area contributed by atoms with Crippen LogP contribution >= 0.6 is 64.8 Å². The molecule has 6 N–H and O–H groups in total. The summed E-state index contributed by atoms with van der Waals surface area (Å²) in [5.74, 6) is 3.95. The number of nitrogen functional groups attached to an aromatic ring is 3. The van der Waals surface area contributed by atoms with E-state index < -0.39 is 0 Å². The summed E-state index contributed by atoms with van der Waals surface area (Å²) < 4.78 is 0. The summed E-state index contributed by atoms with van der Waals surface area (Å²) in [5, 5.41) is 2.01. The lowest BCUT2D eigenvalue weighted by Crippen LogP contribution is -2.11. The number of nitrogens with zero attached hydrogens (tertiary/aromatic N) is 6. The molecule has 0 bridgehead atoms. The van der Waals surface area contributed by atoms with Gasteiger partial charge in [-0.15, -0.1) is 0 Å². The van der Waals surface area contributed by atoms with E-state index in [0.29, 0.717) is 32.9 Å². The molecule has 0 aliphatic heterocycles. The molecular formula is C27H33N9S6. The van der Waals surface area contributed by atoms with E-state index in [1.165, 1.54) is 33.4 Å². The number of rotatable bonds is 15. The van der Waals surface area contributed by atoms with Crippen molar-refractivity contribution >= 4 is 82.2 Å². The van der Waals surface area contributed by atoms with Gasteiger partial charge in [0.1, 0.15) is 17.5 Å². The first kappa shape index (κ1) is 32.9. The summed E-state index contributed by atoms with van der Waals surface area (Å²) in [6.07, 6.45) is 7.94. The van der Waals surface area contributed by atoms with E-state index >= 15 is 0 Å². The van der Waals surface area contributed by atoms with Gasteiger partial charge in [-0.3, -0.25) is 0 Å². The Labute approximate surface area is 270 Å². The quantitative estimate of drug-likeness (QED) is 0.0850. The Kier molecular flexibility index (Phi) is 13.1. The molecule has 3 heterocycles. The lowest BCUT2D eigenvalue weighted by Gasteiger charge is -2.25. The van der Waals surface area contributed by atoms with Gasteiger partial charge in [-0.05, 0) is 103 Å². The second-order valence-corrected chi connectivity index (χ2v) is 15.6. The number of aromatic nitrogens is 6. The van der Waals surface area contributed by atoms with Gasteiger partial charge in [0, 0.05) is 35.8 Å². The maximum Gasteiger partial charge on any atom is 0.200 e. The lowest BCUT2D eigenvalue weighted by atomic mass is 9.85. The minimum absolute atomic E-state index is 0.478. The monoisotopic (exact) mass is 675 g/mol. The van der Waals surface area contributed by atoms with Crippen LogP contribution in [0, 0.1) is 0 Å². The van der Waals surface area contributed by atoms with Crippen LogP contribution in [0.5, 0.6) is 0 Å². The molecule has 4 rings (SSSR count). The van der Waals surface area contributed by atoms with Crippen LogP contribution in [0.4, 0.5) is 17.5 Å². The summed E-state index contributed by atoms with van der Waals surface area (Å²) in [4.78, 5) is 26.2. The van der Waals surface area contributed by atoms with Gasteiger partial charge in [0.2, 0.25) is 0 Å². The predicted octanol–water partition coefficient (Wildman–Crippen LogP) is 7.31. The van der Waals surface area contributed by atoms with Gasteiger partial charge in [0.05, 0.1) is 0 Å². The van der Waals surface area contributed by atoms with Crippen LogP contribution in [0.25, 0.3) is 0 Å². The summed E-state index contributed by atoms with van der Waals surface area (Å²) in [7, 11) is 9.93. The number of anilines is 3. The molecule has 9 nitrogen and oxygen atoms in total. The molecule has 42 heavy (non-hydrogen) atoms. The fourth-order valence-electron chi connectivity index (χ4n) is 4.50. The first-order valence-electron chi connectivity index (χ1n) is 13.2. The zero-order valence-electron chi connectivity index (χ0n) is 23.6. The topological polar surface area (TPSA) is 155 Å². The Balaban J connectivity index is 1.65. The first-order valence-corrected chi connectivity index (χ1v) is 20.2. The van der Waals surface area contributed by atoms with Crippen molar-refractivity contribution in [1.29, 1.82) is 0 Å². The fraction of sp³-hybridized carbons (Fsp3) is 0.333. The van der Waals surface area contributed by atoms with Crippen LogP contribution in [0.2, 0.25) is 0 Å². The second-order valence-electron chi connectivity index (χ2n) is 8.76. The van der Waals surface area contributed by atoms with E-state index in [1.54, 1.807) is 102 Å². The van der Waals surface area contributed by atoms with E-state index in [1.807, 2.05) is 0 Å². The number of nitrogens with two attached hydrogens (primary N) is 3. The van der Waals surface area contributed by atoms with Crippen LogP contribution in [-0.2, 0) is 36.5 Å². The molecule has 0 atom stereocenters. The SMILES string of the molecule is CCc1c(CSSc2nccc(N)n2)c(CC)c(CSSc2nccc(N)n2)c(CC)c1CSSc1nccc(N)n1. The van der Waals surface area contributed by atoms with Gasteiger partial charge in [-0.25, -0.2) is 29.9 Å². The zero-order valence-corrected chi connectivity index (χ0v) is 28.5. The van der Waals surface area contributed by atoms with Crippen LogP contribution in [-0.4, -0.2) is 29.9 Å². The van der Waals surface area contributed by atoms with Crippen molar-refractivity contribution < 1.29 is 0 Å². The average molecular weight is 676 g/mol. The van der Waals surface area contributed by atoms with E-state index in [9.17, 15) is 0 Å². The number of benzene rings is 1. The largest absolute Gasteiger partial charge is 0.384 e. The maximum absolute atomic E-state index is 5.88. The number of hydrogen-bond donors (Lipinski definition) is 3. The van der Waals surface area contributed by atoms with Gasteiger partial charge in [-0.2, -0.15) is 0 Å². The molecule has 15 heteroatoms. The minimum atomic E-state index is 0.478. The summed E-state index contributed by atoms with van der Waals surface area (Å²) in [5.41, 5.74) is 26.1. The molecule has 0 amide bonds. The predicted molar refractivity (Wildman–Crippen MR) is 185 cm³/mol. The van der Waals surface area contributed by atoms with E-state index in [2.05, 4.69) is 50.7 Å². The van der Waals surface area contributed by atoms with Gasteiger partial charge < -0.3 is 17.2 Å². The van der Waals surface area contributed by atoms with Gasteiger partial charge in [0.25, 0.3) is 0 Å². The summed E-state index contributed by atoms with van der Waals surface area (Å²) in [6, 6.07) is 5.11. The van der Waals surface area contributed by atoms with Gasteiger partial charge in [0.15, 0.2) is 15.5 Å². The molecule has 4 aromatic rings. The highest BCUT2D eigenvalue weighted by Crippen LogP contribution is 2.43. The second kappa shape index (κ2) is 16.7.